The molecule has 0 saturated carbocycles. The molecule has 3 heteroatoms. The molecule has 0 aliphatic carbocycles. The quantitative estimate of drug-likeness (QED) is 0.666. The Morgan fingerprint density at radius 3 is 2.43 bits per heavy atom. The maximum absolute atomic E-state index is 11.1. The number of methoxy groups -OCH3 is 1. The molecule has 0 saturated heterocycles. The number of carboxylic acid groups (broad SMARTS) is 1. The largest absolute Gasteiger partial charge is 0.497 e. The second-order valence-electron chi connectivity index (χ2n) is 5.36. The van der Waals surface area contributed by atoms with Crippen molar-refractivity contribution in [2.75, 3.05) is 7.11 Å². The molecular formula is C18H26O3. The van der Waals surface area contributed by atoms with Crippen molar-refractivity contribution in [1.82, 2.24) is 0 Å². The van der Waals surface area contributed by atoms with Crippen LogP contribution in [0.1, 0.15) is 51.5 Å². The maximum Gasteiger partial charge on any atom is 0.328 e. The van der Waals surface area contributed by atoms with E-state index in [1.165, 1.54) is 18.9 Å². The lowest BCUT2D eigenvalue weighted by Gasteiger charge is -2.17. The van der Waals surface area contributed by atoms with Gasteiger partial charge in [0, 0.05) is 6.08 Å². The molecule has 21 heavy (non-hydrogen) atoms. The number of aliphatic carboxylic acids is 1. The summed E-state index contributed by atoms with van der Waals surface area (Å²) in [5.41, 5.74) is 1.86. The zero-order chi connectivity index (χ0) is 15.7. The number of allylic oxidation sites excluding steroid dienone is 1. The minimum absolute atomic E-state index is 0.539. The molecule has 1 aromatic carbocycles. The van der Waals surface area contributed by atoms with Gasteiger partial charge in [-0.15, -0.1) is 0 Å². The van der Waals surface area contributed by atoms with Crippen molar-refractivity contribution in [3.63, 3.8) is 0 Å². The minimum Gasteiger partial charge on any atom is -0.497 e. The summed E-state index contributed by atoms with van der Waals surface area (Å²) in [4.78, 5) is 11.1. The summed E-state index contributed by atoms with van der Waals surface area (Å²) < 4.78 is 5.15. The van der Waals surface area contributed by atoms with Crippen molar-refractivity contribution in [2.45, 2.75) is 46.0 Å². The van der Waals surface area contributed by atoms with E-state index in [0.717, 1.165) is 36.1 Å². The third-order valence-corrected chi connectivity index (χ3v) is 3.81. The Bertz CT molecular complexity index is 460. The summed E-state index contributed by atoms with van der Waals surface area (Å²) in [6, 6.07) is 7.61. The van der Waals surface area contributed by atoms with E-state index in [4.69, 9.17) is 9.84 Å². The normalized spacial score (nSPS) is 13.0. The van der Waals surface area contributed by atoms with Crippen molar-refractivity contribution in [1.29, 1.82) is 0 Å². The number of hydrogen-bond acceptors (Lipinski definition) is 2. The Morgan fingerprint density at radius 1 is 1.29 bits per heavy atom. The van der Waals surface area contributed by atoms with Gasteiger partial charge in [0.05, 0.1) is 7.11 Å². The summed E-state index contributed by atoms with van der Waals surface area (Å²) in [7, 11) is 1.63. The molecule has 1 aromatic rings. The van der Waals surface area contributed by atoms with E-state index in [-0.39, 0.29) is 0 Å². The molecule has 116 valence electrons. The first-order chi connectivity index (χ1) is 10.1. The number of hydrogen-bond donors (Lipinski definition) is 1. The highest BCUT2D eigenvalue weighted by atomic mass is 16.5. The summed E-state index contributed by atoms with van der Waals surface area (Å²) in [5.74, 6) is 0.440. The molecule has 0 amide bonds. The molecule has 0 bridgehead atoms. The van der Waals surface area contributed by atoms with Crippen LogP contribution in [0.3, 0.4) is 0 Å². The molecule has 0 aliphatic rings. The molecule has 1 atom stereocenters. The van der Waals surface area contributed by atoms with Gasteiger partial charge in [0.1, 0.15) is 5.75 Å². The van der Waals surface area contributed by atoms with Gasteiger partial charge in [0.15, 0.2) is 0 Å². The number of carbonyl (C=O) groups is 1. The molecule has 0 spiro atoms. The number of benzene rings is 1. The third kappa shape index (κ3) is 6.03. The first-order valence-electron chi connectivity index (χ1n) is 7.68. The Hall–Kier alpha value is -1.77. The van der Waals surface area contributed by atoms with Gasteiger partial charge in [0.2, 0.25) is 0 Å². The Kier molecular flexibility index (Phi) is 7.59. The van der Waals surface area contributed by atoms with Crippen LogP contribution in [-0.4, -0.2) is 18.2 Å². The second-order valence-corrected chi connectivity index (χ2v) is 5.36. The summed E-state index contributed by atoms with van der Waals surface area (Å²) in [6.07, 6.45) is 6.76. The predicted octanol–water partition coefficient (Wildman–Crippen LogP) is 4.77. The fourth-order valence-electron chi connectivity index (χ4n) is 2.47. The lowest BCUT2D eigenvalue weighted by atomic mass is 9.88. The Labute approximate surface area is 127 Å². The third-order valence-electron chi connectivity index (χ3n) is 3.81. The molecule has 1 rings (SSSR count). The molecular weight excluding hydrogens is 264 g/mol. The van der Waals surface area contributed by atoms with Gasteiger partial charge in [-0.1, -0.05) is 51.7 Å². The van der Waals surface area contributed by atoms with Gasteiger partial charge >= 0.3 is 5.97 Å². The van der Waals surface area contributed by atoms with Crippen LogP contribution >= 0.6 is 0 Å². The van der Waals surface area contributed by atoms with Crippen molar-refractivity contribution >= 4 is 11.5 Å². The topological polar surface area (TPSA) is 46.5 Å². The van der Waals surface area contributed by atoms with Crippen LogP contribution in [0.4, 0.5) is 0 Å². The van der Waals surface area contributed by atoms with Crippen LogP contribution in [0.5, 0.6) is 5.75 Å². The number of carboxylic acids is 1. The van der Waals surface area contributed by atoms with Gasteiger partial charge in [-0.05, 0) is 35.6 Å². The van der Waals surface area contributed by atoms with E-state index in [9.17, 15) is 4.79 Å². The monoisotopic (exact) mass is 290 g/mol. The summed E-state index contributed by atoms with van der Waals surface area (Å²) in [6.45, 7) is 4.36. The minimum atomic E-state index is -0.883. The zero-order valence-electron chi connectivity index (χ0n) is 13.3. The SMILES string of the molecule is CCCCC(CC)CC(=CC(=O)O)c1ccc(OC)cc1. The summed E-state index contributed by atoms with van der Waals surface area (Å²) >= 11 is 0. The van der Waals surface area contributed by atoms with Crippen LogP contribution in [-0.2, 0) is 4.79 Å². The highest BCUT2D eigenvalue weighted by molar-refractivity contribution is 5.90. The number of ether oxygens (including phenoxy) is 1. The van der Waals surface area contributed by atoms with E-state index in [1.54, 1.807) is 7.11 Å². The fraction of sp³-hybridized carbons (Fsp3) is 0.500. The summed E-state index contributed by atoms with van der Waals surface area (Å²) in [5, 5.41) is 9.11. The van der Waals surface area contributed by atoms with E-state index in [2.05, 4.69) is 13.8 Å². The van der Waals surface area contributed by atoms with E-state index < -0.39 is 5.97 Å². The average molecular weight is 290 g/mol. The fourth-order valence-corrected chi connectivity index (χ4v) is 2.47. The van der Waals surface area contributed by atoms with Gasteiger partial charge in [-0.3, -0.25) is 0 Å². The van der Waals surface area contributed by atoms with Gasteiger partial charge in [-0.2, -0.15) is 0 Å². The number of unbranched alkanes of at least 4 members (excludes halogenated alkanes) is 1. The van der Waals surface area contributed by atoms with Crippen LogP contribution in [0.2, 0.25) is 0 Å². The molecule has 0 radical (unpaired) electrons. The maximum atomic E-state index is 11.1. The molecule has 0 aliphatic heterocycles. The lowest BCUT2D eigenvalue weighted by molar-refractivity contribution is -0.131. The second kappa shape index (κ2) is 9.22. The van der Waals surface area contributed by atoms with Crippen LogP contribution in [0.25, 0.3) is 5.57 Å². The van der Waals surface area contributed by atoms with Crippen molar-refractivity contribution < 1.29 is 14.6 Å². The first kappa shape index (κ1) is 17.3. The van der Waals surface area contributed by atoms with E-state index in [0.29, 0.717) is 5.92 Å². The standard InChI is InChI=1S/C18H26O3/c1-4-6-7-14(5-2)12-16(13-18(19)20)15-8-10-17(21-3)11-9-15/h8-11,13-14H,4-7,12H2,1-3H3,(H,19,20). The van der Waals surface area contributed by atoms with Gasteiger partial charge < -0.3 is 9.84 Å². The van der Waals surface area contributed by atoms with Crippen molar-refractivity contribution in [2.24, 2.45) is 5.92 Å². The van der Waals surface area contributed by atoms with Crippen molar-refractivity contribution in [3.05, 3.63) is 35.9 Å². The average Bonchev–Trinajstić information content (AvgIpc) is 2.50. The molecule has 3 nitrogen and oxygen atoms in total. The Balaban J connectivity index is 2.91. The van der Waals surface area contributed by atoms with E-state index in [1.807, 2.05) is 24.3 Å². The smallest absolute Gasteiger partial charge is 0.328 e. The molecule has 1 unspecified atom stereocenters. The zero-order valence-corrected chi connectivity index (χ0v) is 13.3. The molecule has 0 heterocycles. The van der Waals surface area contributed by atoms with Crippen LogP contribution in [0.15, 0.2) is 30.3 Å². The first-order valence-corrected chi connectivity index (χ1v) is 7.68. The van der Waals surface area contributed by atoms with Crippen molar-refractivity contribution in [3.8, 4) is 5.75 Å². The molecule has 1 N–H and O–H groups in total. The van der Waals surface area contributed by atoms with Crippen LogP contribution in [0, 0.1) is 5.92 Å². The van der Waals surface area contributed by atoms with Gasteiger partial charge in [-0.25, -0.2) is 4.79 Å². The molecule has 0 fully saturated rings. The lowest BCUT2D eigenvalue weighted by Crippen LogP contribution is -2.03. The highest BCUT2D eigenvalue weighted by Crippen LogP contribution is 2.28. The van der Waals surface area contributed by atoms with Gasteiger partial charge in [0.25, 0.3) is 0 Å². The van der Waals surface area contributed by atoms with Crippen LogP contribution < -0.4 is 4.74 Å². The predicted molar refractivity (Wildman–Crippen MR) is 86.5 cm³/mol. The highest BCUT2D eigenvalue weighted by Gasteiger charge is 2.12. The Morgan fingerprint density at radius 2 is 1.95 bits per heavy atom. The molecule has 0 aromatic heterocycles. The number of rotatable bonds is 9. The van der Waals surface area contributed by atoms with E-state index >= 15 is 0 Å².